The standard InChI is InChI=1S/C33H28FN7O2S/c1-17(2)32(42)40-21-7-8-22(18(3)12-21)29-27(20-6-9-26(24(34)13-20)43-33-36-11-10-19(4)39-33)28-30(44-29)23(14-37-31(28)35)25-15-41(5)16-38-25/h6-16H,1H2,2-5H3,(H2,35,37)(H,40,42). The molecule has 0 aliphatic rings. The topological polar surface area (TPSA) is 121 Å². The first-order valence-corrected chi connectivity index (χ1v) is 14.4. The number of hydrogen-bond acceptors (Lipinski definition) is 8. The fourth-order valence-corrected chi connectivity index (χ4v) is 6.31. The molecule has 6 aromatic rings. The van der Waals surface area contributed by atoms with Crippen LogP contribution in [0, 0.1) is 19.7 Å². The number of benzene rings is 2. The summed E-state index contributed by atoms with van der Waals surface area (Å²) < 4.78 is 24.0. The van der Waals surface area contributed by atoms with Gasteiger partial charge in [-0.3, -0.25) is 4.79 Å². The van der Waals surface area contributed by atoms with Crippen molar-refractivity contribution in [2.75, 3.05) is 11.1 Å². The van der Waals surface area contributed by atoms with Gasteiger partial charge in [0, 0.05) is 64.0 Å². The Morgan fingerprint density at radius 2 is 1.91 bits per heavy atom. The average molecular weight is 606 g/mol. The van der Waals surface area contributed by atoms with E-state index in [4.69, 9.17) is 10.5 Å². The Morgan fingerprint density at radius 1 is 1.09 bits per heavy atom. The molecule has 0 bridgehead atoms. The second-order valence-corrected chi connectivity index (χ2v) is 11.5. The molecule has 6 rings (SSSR count). The third-order valence-corrected chi connectivity index (χ3v) is 8.29. The maximum atomic E-state index is 15.6. The highest BCUT2D eigenvalue weighted by Gasteiger charge is 2.24. The summed E-state index contributed by atoms with van der Waals surface area (Å²) in [6.07, 6.45) is 6.91. The summed E-state index contributed by atoms with van der Waals surface area (Å²) in [5.74, 6) is -0.532. The van der Waals surface area contributed by atoms with Crippen LogP contribution < -0.4 is 15.8 Å². The fourth-order valence-electron chi connectivity index (χ4n) is 4.87. The summed E-state index contributed by atoms with van der Waals surface area (Å²) >= 11 is 1.53. The van der Waals surface area contributed by atoms with E-state index in [-0.39, 0.29) is 17.7 Å². The molecular formula is C33H28FN7O2S. The van der Waals surface area contributed by atoms with E-state index in [1.807, 2.05) is 42.9 Å². The Morgan fingerprint density at radius 3 is 2.59 bits per heavy atom. The van der Waals surface area contributed by atoms with Crippen LogP contribution in [0.3, 0.4) is 0 Å². The van der Waals surface area contributed by atoms with Crippen molar-refractivity contribution < 1.29 is 13.9 Å². The lowest BCUT2D eigenvalue weighted by molar-refractivity contribution is -0.112. The number of nitrogens with one attached hydrogen (secondary N) is 1. The second kappa shape index (κ2) is 11.3. The van der Waals surface area contributed by atoms with E-state index in [1.165, 1.54) is 17.4 Å². The largest absolute Gasteiger partial charge is 0.421 e. The lowest BCUT2D eigenvalue weighted by Crippen LogP contribution is -2.11. The average Bonchev–Trinajstić information content (AvgIpc) is 3.59. The number of nitrogen functional groups attached to an aromatic ring is 1. The lowest BCUT2D eigenvalue weighted by Gasteiger charge is -2.12. The monoisotopic (exact) mass is 605 g/mol. The number of imidazole rings is 1. The number of pyridine rings is 1. The van der Waals surface area contributed by atoms with Gasteiger partial charge in [0.15, 0.2) is 11.6 Å². The molecular weight excluding hydrogens is 577 g/mol. The number of carbonyl (C=O) groups is 1. The Bertz CT molecular complexity index is 2100. The number of carbonyl (C=O) groups excluding carboxylic acids is 1. The van der Waals surface area contributed by atoms with Crippen LogP contribution in [0.2, 0.25) is 0 Å². The van der Waals surface area contributed by atoms with Gasteiger partial charge in [-0.2, -0.15) is 0 Å². The summed E-state index contributed by atoms with van der Waals surface area (Å²) in [7, 11) is 1.90. The smallest absolute Gasteiger partial charge is 0.322 e. The minimum absolute atomic E-state index is 0.00510. The molecule has 0 spiro atoms. The van der Waals surface area contributed by atoms with Gasteiger partial charge in [-0.15, -0.1) is 11.3 Å². The molecule has 4 aromatic heterocycles. The van der Waals surface area contributed by atoms with E-state index >= 15 is 4.39 Å². The lowest BCUT2D eigenvalue weighted by atomic mass is 9.96. The summed E-state index contributed by atoms with van der Waals surface area (Å²) in [6, 6.07) is 12.2. The van der Waals surface area contributed by atoms with Crippen molar-refractivity contribution in [2.24, 2.45) is 7.05 Å². The predicted octanol–water partition coefficient (Wildman–Crippen LogP) is 7.47. The molecule has 1 amide bonds. The summed E-state index contributed by atoms with van der Waals surface area (Å²) in [5.41, 5.74) is 13.0. The first-order valence-electron chi connectivity index (χ1n) is 13.6. The molecule has 9 nitrogen and oxygen atoms in total. The van der Waals surface area contributed by atoms with Crippen LogP contribution in [-0.4, -0.2) is 30.4 Å². The highest BCUT2D eigenvalue weighted by molar-refractivity contribution is 7.23. The Kier molecular flexibility index (Phi) is 7.40. The highest BCUT2D eigenvalue weighted by Crippen LogP contribution is 2.50. The molecule has 0 saturated heterocycles. The van der Waals surface area contributed by atoms with E-state index in [1.54, 1.807) is 50.8 Å². The quantitative estimate of drug-likeness (QED) is 0.181. The van der Waals surface area contributed by atoms with Gasteiger partial charge >= 0.3 is 6.01 Å². The maximum absolute atomic E-state index is 15.6. The van der Waals surface area contributed by atoms with Crippen molar-refractivity contribution in [3.8, 4) is 44.6 Å². The highest BCUT2D eigenvalue weighted by atomic mass is 32.1. The summed E-state index contributed by atoms with van der Waals surface area (Å²) in [4.78, 5) is 30.5. The molecule has 0 unspecified atom stereocenters. The van der Waals surface area contributed by atoms with Crippen LogP contribution in [0.5, 0.6) is 11.8 Å². The molecule has 3 N–H and O–H groups in total. The number of hydrogen-bond donors (Lipinski definition) is 2. The Balaban J connectivity index is 1.54. The number of halogens is 1. The Hall–Kier alpha value is -5.42. The molecule has 11 heteroatoms. The number of aromatic nitrogens is 5. The van der Waals surface area contributed by atoms with Gasteiger partial charge in [0.2, 0.25) is 0 Å². The summed E-state index contributed by atoms with van der Waals surface area (Å²) in [5, 5.41) is 3.56. The number of thiophene rings is 1. The van der Waals surface area contributed by atoms with Crippen LogP contribution in [0.4, 0.5) is 15.9 Å². The van der Waals surface area contributed by atoms with Crippen molar-refractivity contribution in [1.29, 1.82) is 0 Å². The van der Waals surface area contributed by atoms with Crippen LogP contribution in [-0.2, 0) is 11.8 Å². The van der Waals surface area contributed by atoms with E-state index in [2.05, 4.69) is 31.8 Å². The van der Waals surface area contributed by atoms with Crippen molar-refractivity contribution >= 4 is 38.8 Å². The zero-order valence-electron chi connectivity index (χ0n) is 24.5. The van der Waals surface area contributed by atoms with E-state index in [0.717, 1.165) is 37.5 Å². The van der Waals surface area contributed by atoms with Crippen molar-refractivity contribution in [2.45, 2.75) is 20.8 Å². The SMILES string of the molecule is C=C(C)C(=O)Nc1ccc(-c2sc3c(-c4cn(C)cn4)cnc(N)c3c2-c2ccc(Oc3nccc(C)n3)c(F)c2)c(C)c1. The minimum atomic E-state index is -0.583. The van der Waals surface area contributed by atoms with Gasteiger partial charge in [-0.05, 0) is 67.8 Å². The molecule has 0 aliphatic carbocycles. The maximum Gasteiger partial charge on any atom is 0.322 e. The zero-order valence-corrected chi connectivity index (χ0v) is 25.3. The van der Waals surface area contributed by atoms with Crippen LogP contribution >= 0.6 is 11.3 Å². The van der Waals surface area contributed by atoms with Crippen LogP contribution in [0.25, 0.3) is 42.9 Å². The van der Waals surface area contributed by atoms with Gasteiger partial charge in [-0.1, -0.05) is 18.7 Å². The van der Waals surface area contributed by atoms with Crippen molar-refractivity contribution in [1.82, 2.24) is 24.5 Å². The normalized spacial score (nSPS) is 11.1. The van der Waals surface area contributed by atoms with Gasteiger partial charge in [-0.25, -0.2) is 24.3 Å². The number of nitrogens with zero attached hydrogens (tertiary/aromatic N) is 5. The van der Waals surface area contributed by atoms with Gasteiger partial charge in [0.05, 0.1) is 16.7 Å². The third kappa shape index (κ3) is 5.40. The molecule has 0 fully saturated rings. The van der Waals surface area contributed by atoms with Gasteiger partial charge < -0.3 is 20.4 Å². The van der Waals surface area contributed by atoms with E-state index in [0.29, 0.717) is 33.7 Å². The second-order valence-electron chi connectivity index (χ2n) is 10.5. The first kappa shape index (κ1) is 28.7. The zero-order chi connectivity index (χ0) is 31.1. The predicted molar refractivity (Wildman–Crippen MR) is 172 cm³/mol. The molecule has 2 aromatic carbocycles. The number of aryl methyl sites for hydroxylation is 3. The van der Waals surface area contributed by atoms with Crippen molar-refractivity contribution in [3.05, 3.63) is 96.6 Å². The number of rotatable bonds is 7. The Labute approximate surface area is 256 Å². The summed E-state index contributed by atoms with van der Waals surface area (Å²) in [6.45, 7) is 9.13. The molecule has 4 heterocycles. The molecule has 0 atom stereocenters. The number of fused-ring (bicyclic) bond motifs is 1. The first-order chi connectivity index (χ1) is 21.1. The fraction of sp³-hybridized carbons (Fsp3) is 0.121. The third-order valence-electron chi connectivity index (χ3n) is 7.03. The molecule has 0 aliphatic heterocycles. The van der Waals surface area contributed by atoms with E-state index in [9.17, 15) is 4.79 Å². The molecule has 0 radical (unpaired) electrons. The number of anilines is 2. The van der Waals surface area contributed by atoms with Gasteiger partial charge in [0.25, 0.3) is 5.91 Å². The number of ether oxygens (including phenoxy) is 1. The van der Waals surface area contributed by atoms with Gasteiger partial charge in [0.1, 0.15) is 5.82 Å². The van der Waals surface area contributed by atoms with E-state index < -0.39 is 5.82 Å². The van der Waals surface area contributed by atoms with Crippen LogP contribution in [0.1, 0.15) is 18.2 Å². The minimum Gasteiger partial charge on any atom is -0.421 e. The van der Waals surface area contributed by atoms with Crippen LogP contribution in [0.15, 0.2) is 79.5 Å². The molecule has 44 heavy (non-hydrogen) atoms. The molecule has 0 saturated carbocycles. The van der Waals surface area contributed by atoms with Crippen molar-refractivity contribution in [3.63, 3.8) is 0 Å². The number of nitrogens with two attached hydrogens (primary N) is 1. The molecule has 220 valence electrons. The number of amides is 1.